The molecule has 0 atom stereocenters. The molecule has 126 valence electrons. The molecular weight excluding hydrogens is 296 g/mol. The van der Waals surface area contributed by atoms with Gasteiger partial charge in [-0.05, 0) is 37.1 Å². The molecule has 0 bridgehead atoms. The number of hydrogen-bond acceptors (Lipinski definition) is 2. The molecule has 0 spiro atoms. The van der Waals surface area contributed by atoms with Gasteiger partial charge < -0.3 is 10.1 Å². The summed E-state index contributed by atoms with van der Waals surface area (Å²) in [5.41, 5.74) is 5.99. The maximum Gasteiger partial charge on any atom is 0.211 e. The van der Waals surface area contributed by atoms with Crippen LogP contribution in [0.5, 0.6) is 0 Å². The SMILES string of the molecule is C=C(NC)O/C(CC)=C(/C)c1cc(-c2ccccc2C)cc[n+]1C. The highest BCUT2D eigenvalue weighted by Gasteiger charge is 2.16. The predicted molar refractivity (Wildman–Crippen MR) is 100.0 cm³/mol. The molecule has 0 saturated carbocycles. The molecule has 0 unspecified atom stereocenters. The van der Waals surface area contributed by atoms with Crippen molar-refractivity contribution in [2.24, 2.45) is 7.05 Å². The van der Waals surface area contributed by atoms with Gasteiger partial charge in [-0.2, -0.15) is 0 Å². The Morgan fingerprint density at radius 1 is 1.25 bits per heavy atom. The molecule has 0 amide bonds. The quantitative estimate of drug-likeness (QED) is 0.632. The number of ether oxygens (including phenoxy) is 1. The van der Waals surface area contributed by atoms with Crippen molar-refractivity contribution < 1.29 is 9.30 Å². The van der Waals surface area contributed by atoms with E-state index in [0.717, 1.165) is 23.4 Å². The van der Waals surface area contributed by atoms with Crippen LogP contribution >= 0.6 is 0 Å². The van der Waals surface area contributed by atoms with E-state index in [1.807, 2.05) is 7.05 Å². The van der Waals surface area contributed by atoms with Crippen LogP contribution in [-0.4, -0.2) is 7.05 Å². The van der Waals surface area contributed by atoms with Gasteiger partial charge in [-0.1, -0.05) is 31.2 Å². The summed E-state index contributed by atoms with van der Waals surface area (Å²) in [6.45, 7) is 10.2. The zero-order chi connectivity index (χ0) is 17.7. The third-order valence-corrected chi connectivity index (χ3v) is 4.25. The highest BCUT2D eigenvalue weighted by atomic mass is 16.5. The van der Waals surface area contributed by atoms with Gasteiger partial charge >= 0.3 is 0 Å². The Morgan fingerprint density at radius 2 is 1.96 bits per heavy atom. The van der Waals surface area contributed by atoms with Crippen molar-refractivity contribution in [2.75, 3.05) is 7.05 Å². The van der Waals surface area contributed by atoms with E-state index in [1.54, 1.807) is 0 Å². The zero-order valence-electron chi connectivity index (χ0n) is 15.3. The molecule has 1 heterocycles. The van der Waals surface area contributed by atoms with Crippen LogP contribution < -0.4 is 9.88 Å². The molecule has 3 nitrogen and oxygen atoms in total. The first-order valence-corrected chi connectivity index (χ1v) is 8.28. The van der Waals surface area contributed by atoms with E-state index in [0.29, 0.717) is 5.88 Å². The minimum atomic E-state index is 0.559. The van der Waals surface area contributed by atoms with Gasteiger partial charge in [0.05, 0.1) is 5.57 Å². The lowest BCUT2D eigenvalue weighted by molar-refractivity contribution is -0.673. The van der Waals surface area contributed by atoms with E-state index in [4.69, 9.17) is 4.74 Å². The van der Waals surface area contributed by atoms with Gasteiger partial charge in [-0.15, -0.1) is 0 Å². The second-order valence-corrected chi connectivity index (χ2v) is 5.90. The van der Waals surface area contributed by atoms with Crippen molar-refractivity contribution in [3.05, 3.63) is 72.1 Å². The lowest BCUT2D eigenvalue weighted by atomic mass is 9.99. The Kier molecular flexibility index (Phi) is 5.80. The van der Waals surface area contributed by atoms with E-state index in [9.17, 15) is 0 Å². The first-order valence-electron chi connectivity index (χ1n) is 8.28. The molecule has 0 radical (unpaired) electrons. The van der Waals surface area contributed by atoms with E-state index in [-0.39, 0.29) is 0 Å². The van der Waals surface area contributed by atoms with E-state index < -0.39 is 0 Å². The van der Waals surface area contributed by atoms with Crippen molar-refractivity contribution in [2.45, 2.75) is 27.2 Å². The molecule has 3 heteroatoms. The summed E-state index contributed by atoms with van der Waals surface area (Å²) in [5, 5.41) is 2.94. The Balaban J connectivity index is 2.52. The Morgan fingerprint density at radius 3 is 2.58 bits per heavy atom. The minimum absolute atomic E-state index is 0.559. The molecule has 24 heavy (non-hydrogen) atoms. The second kappa shape index (κ2) is 7.82. The van der Waals surface area contributed by atoms with Crippen LogP contribution in [0.15, 0.2) is 60.8 Å². The van der Waals surface area contributed by atoms with Crippen LogP contribution in [0.2, 0.25) is 0 Å². The van der Waals surface area contributed by atoms with Gasteiger partial charge in [-0.3, -0.25) is 0 Å². The Hall–Kier alpha value is -2.55. The summed E-state index contributed by atoms with van der Waals surface area (Å²) in [4.78, 5) is 0. The molecule has 1 aromatic heterocycles. The number of allylic oxidation sites excluding steroid dienone is 2. The average Bonchev–Trinajstić information content (AvgIpc) is 2.60. The summed E-state index contributed by atoms with van der Waals surface area (Å²) in [6, 6.07) is 12.8. The molecule has 1 N–H and O–H groups in total. The normalized spacial score (nSPS) is 11.7. The first-order chi connectivity index (χ1) is 11.5. The summed E-state index contributed by atoms with van der Waals surface area (Å²) in [5.74, 6) is 1.48. The van der Waals surface area contributed by atoms with Gasteiger partial charge in [0, 0.05) is 25.6 Å². The molecule has 2 aromatic rings. The molecule has 0 aliphatic carbocycles. The maximum atomic E-state index is 5.85. The van der Waals surface area contributed by atoms with Crippen LogP contribution in [0, 0.1) is 6.92 Å². The van der Waals surface area contributed by atoms with Gasteiger partial charge in [0.2, 0.25) is 5.69 Å². The van der Waals surface area contributed by atoms with Crippen LogP contribution in [0.4, 0.5) is 0 Å². The fourth-order valence-electron chi connectivity index (χ4n) is 2.76. The molecule has 0 aliphatic rings. The number of pyridine rings is 1. The predicted octanol–water partition coefficient (Wildman–Crippen LogP) is 4.33. The summed E-state index contributed by atoms with van der Waals surface area (Å²) >= 11 is 0. The lowest BCUT2D eigenvalue weighted by Crippen LogP contribution is -2.32. The van der Waals surface area contributed by atoms with Crippen LogP contribution in [0.25, 0.3) is 16.7 Å². The highest BCUT2D eigenvalue weighted by molar-refractivity contribution is 5.71. The number of aromatic nitrogens is 1. The maximum absolute atomic E-state index is 5.85. The van der Waals surface area contributed by atoms with Crippen LogP contribution in [0.3, 0.4) is 0 Å². The first kappa shape index (κ1) is 17.8. The number of benzene rings is 1. The lowest BCUT2D eigenvalue weighted by Gasteiger charge is -2.13. The molecule has 1 aromatic carbocycles. The van der Waals surface area contributed by atoms with Gasteiger partial charge in [0.15, 0.2) is 12.1 Å². The number of rotatable bonds is 6. The van der Waals surface area contributed by atoms with E-state index in [2.05, 4.69) is 86.9 Å². The van der Waals surface area contributed by atoms with E-state index >= 15 is 0 Å². The molecule has 0 aliphatic heterocycles. The third-order valence-electron chi connectivity index (χ3n) is 4.25. The van der Waals surface area contributed by atoms with E-state index in [1.165, 1.54) is 16.7 Å². The van der Waals surface area contributed by atoms with Gasteiger partial charge in [0.1, 0.15) is 12.8 Å². The second-order valence-electron chi connectivity index (χ2n) is 5.90. The third kappa shape index (κ3) is 3.85. The van der Waals surface area contributed by atoms with Crippen molar-refractivity contribution >= 4 is 5.57 Å². The number of hydrogen-bond donors (Lipinski definition) is 1. The zero-order valence-corrected chi connectivity index (χ0v) is 15.3. The molecule has 0 fully saturated rings. The summed E-state index contributed by atoms with van der Waals surface area (Å²) in [7, 11) is 3.87. The van der Waals surface area contributed by atoms with Crippen molar-refractivity contribution in [3.63, 3.8) is 0 Å². The number of nitrogens with one attached hydrogen (secondary N) is 1. The Bertz CT molecular complexity index is 775. The minimum Gasteiger partial charge on any atom is -0.446 e. The van der Waals surface area contributed by atoms with Crippen LogP contribution in [-0.2, 0) is 11.8 Å². The monoisotopic (exact) mass is 323 g/mol. The molecular formula is C21H27N2O+. The molecule has 0 saturated heterocycles. The van der Waals surface area contributed by atoms with Crippen molar-refractivity contribution in [1.29, 1.82) is 0 Å². The van der Waals surface area contributed by atoms with Gasteiger partial charge in [0.25, 0.3) is 0 Å². The highest BCUT2D eigenvalue weighted by Crippen LogP contribution is 2.26. The van der Waals surface area contributed by atoms with Crippen molar-refractivity contribution in [3.8, 4) is 11.1 Å². The largest absolute Gasteiger partial charge is 0.446 e. The Labute approximate surface area is 145 Å². The molecule has 2 rings (SSSR count). The van der Waals surface area contributed by atoms with Crippen LogP contribution in [0.1, 0.15) is 31.5 Å². The number of aryl methyl sites for hydroxylation is 2. The number of nitrogens with zero attached hydrogens (tertiary/aromatic N) is 1. The summed E-state index contributed by atoms with van der Waals surface area (Å²) in [6.07, 6.45) is 2.90. The standard InChI is InChI=1S/C21H27N2O/c1-7-21(24-17(4)22-5)16(3)20-14-18(12-13-23(20)6)19-11-9-8-10-15(19)2/h8-14,22H,4,7H2,1-3,5-6H3/q+1/b21-16-. The average molecular weight is 323 g/mol. The van der Waals surface area contributed by atoms with Gasteiger partial charge in [-0.25, -0.2) is 4.57 Å². The fourth-order valence-corrected chi connectivity index (χ4v) is 2.76. The van der Waals surface area contributed by atoms with Crippen molar-refractivity contribution in [1.82, 2.24) is 5.32 Å². The fraction of sp³-hybridized carbons (Fsp3) is 0.286. The summed E-state index contributed by atoms with van der Waals surface area (Å²) < 4.78 is 7.97. The topological polar surface area (TPSA) is 25.1 Å². The smallest absolute Gasteiger partial charge is 0.211 e.